The van der Waals surface area contributed by atoms with Gasteiger partial charge in [-0.2, -0.15) is 0 Å². The van der Waals surface area contributed by atoms with E-state index in [1.54, 1.807) is 35.5 Å². The quantitative estimate of drug-likeness (QED) is 0.473. The summed E-state index contributed by atoms with van der Waals surface area (Å²) in [5.41, 5.74) is 2.09. The number of hydrogen-bond acceptors (Lipinski definition) is 8. The van der Waals surface area contributed by atoms with E-state index in [2.05, 4.69) is 27.0 Å². The second-order valence-corrected chi connectivity index (χ2v) is 10.6. The number of hydrogen-bond donors (Lipinski definition) is 2. The Balaban J connectivity index is 1.50. The molecule has 212 valence electrons. The van der Waals surface area contributed by atoms with Crippen LogP contribution in [0.4, 0.5) is 5.69 Å². The molecule has 0 bridgehead atoms. The van der Waals surface area contributed by atoms with Gasteiger partial charge in [0.25, 0.3) is 5.91 Å². The predicted molar refractivity (Wildman–Crippen MR) is 149 cm³/mol. The Kier molecular flexibility index (Phi) is 10.3. The van der Waals surface area contributed by atoms with Crippen LogP contribution in [0.5, 0.6) is 5.75 Å². The van der Waals surface area contributed by atoms with Gasteiger partial charge in [-0.25, -0.2) is 0 Å². The Morgan fingerprint density at radius 3 is 2.69 bits per heavy atom. The molecule has 1 aromatic carbocycles. The van der Waals surface area contributed by atoms with E-state index in [9.17, 15) is 14.7 Å². The summed E-state index contributed by atoms with van der Waals surface area (Å²) >= 11 is 0. The van der Waals surface area contributed by atoms with Crippen molar-refractivity contribution in [3.05, 3.63) is 53.9 Å². The molecule has 4 rings (SSSR count). The number of pyridine rings is 1. The molecule has 2 N–H and O–H groups in total. The van der Waals surface area contributed by atoms with Crippen molar-refractivity contribution in [1.29, 1.82) is 0 Å². The van der Waals surface area contributed by atoms with Gasteiger partial charge in [-0.3, -0.25) is 24.4 Å². The van der Waals surface area contributed by atoms with Gasteiger partial charge in [0.15, 0.2) is 0 Å². The second kappa shape index (κ2) is 13.8. The average molecular weight is 540 g/mol. The van der Waals surface area contributed by atoms with Crippen LogP contribution >= 0.6 is 0 Å². The number of likely N-dealkylation sites (N-methyl/N-ethyl adjacent to an activating group) is 1. The molecule has 0 radical (unpaired) electrons. The molecule has 0 aliphatic carbocycles. The van der Waals surface area contributed by atoms with Crippen molar-refractivity contribution < 1.29 is 24.2 Å². The van der Waals surface area contributed by atoms with Gasteiger partial charge in [0.1, 0.15) is 11.9 Å². The fourth-order valence-corrected chi connectivity index (χ4v) is 5.00. The third-order valence-electron chi connectivity index (χ3n) is 7.40. The van der Waals surface area contributed by atoms with Crippen molar-refractivity contribution in [2.24, 2.45) is 5.92 Å². The molecule has 2 aliphatic rings. The number of rotatable bonds is 10. The zero-order chi connectivity index (χ0) is 27.8. The highest BCUT2D eigenvalue weighted by Crippen LogP contribution is 2.31. The standard InChI is InChI=1S/C29H41N5O5/c1-21-17-34(22(2)20-35)29(37)25-16-24(31-28(36)8-11-33-12-14-38-15-13-33)4-5-26(25)39-27(21)19-32(3)18-23-6-9-30-10-7-23/h4-7,9-10,16,21-22,27,35H,8,11-15,17-20H2,1-3H3,(H,31,36)/t21-,22+,27-/m0/s1. The number of carbonyl (C=O) groups excluding carboxylic acids is 2. The van der Waals surface area contributed by atoms with Crippen LogP contribution in [-0.2, 0) is 16.1 Å². The van der Waals surface area contributed by atoms with Crippen LogP contribution in [0, 0.1) is 5.92 Å². The number of morpholine rings is 1. The van der Waals surface area contributed by atoms with E-state index < -0.39 is 0 Å². The maximum absolute atomic E-state index is 13.7. The molecule has 0 spiro atoms. The lowest BCUT2D eigenvalue weighted by atomic mass is 9.99. The molecule has 2 aromatic rings. The smallest absolute Gasteiger partial charge is 0.258 e. The second-order valence-electron chi connectivity index (χ2n) is 10.6. The third-order valence-corrected chi connectivity index (χ3v) is 7.40. The number of aliphatic hydroxyl groups is 1. The number of anilines is 1. The molecule has 3 atom stereocenters. The summed E-state index contributed by atoms with van der Waals surface area (Å²) in [7, 11) is 2.05. The van der Waals surface area contributed by atoms with Gasteiger partial charge >= 0.3 is 0 Å². The minimum Gasteiger partial charge on any atom is -0.488 e. The molecule has 1 saturated heterocycles. The van der Waals surface area contributed by atoms with E-state index in [0.717, 1.165) is 25.2 Å². The lowest BCUT2D eigenvalue weighted by Gasteiger charge is -2.38. The Morgan fingerprint density at radius 1 is 1.23 bits per heavy atom. The van der Waals surface area contributed by atoms with Gasteiger partial charge in [0.05, 0.1) is 31.4 Å². The van der Waals surface area contributed by atoms with Gasteiger partial charge in [0.2, 0.25) is 5.91 Å². The number of benzene rings is 1. The molecule has 1 fully saturated rings. The molecule has 10 heteroatoms. The highest BCUT2D eigenvalue weighted by molar-refractivity contribution is 5.99. The highest BCUT2D eigenvalue weighted by atomic mass is 16.5. The Hall–Kier alpha value is -3.05. The lowest BCUT2D eigenvalue weighted by molar-refractivity contribution is -0.116. The molecule has 3 heterocycles. The van der Waals surface area contributed by atoms with E-state index in [0.29, 0.717) is 56.3 Å². The van der Waals surface area contributed by atoms with Crippen molar-refractivity contribution in [2.45, 2.75) is 39.0 Å². The molecule has 2 amide bonds. The summed E-state index contributed by atoms with van der Waals surface area (Å²) in [6, 6.07) is 8.87. The monoisotopic (exact) mass is 539 g/mol. The lowest BCUT2D eigenvalue weighted by Crippen LogP contribution is -2.49. The first-order valence-electron chi connectivity index (χ1n) is 13.7. The van der Waals surface area contributed by atoms with Crippen molar-refractivity contribution in [2.75, 3.05) is 64.9 Å². The predicted octanol–water partition coefficient (Wildman–Crippen LogP) is 2.09. The SMILES string of the molecule is C[C@H](CO)N1C[C@H](C)[C@H](CN(C)Cc2ccncc2)Oc2ccc(NC(=O)CCN3CCOCC3)cc2C1=O. The first kappa shape index (κ1) is 28.9. The maximum atomic E-state index is 13.7. The molecule has 1 aromatic heterocycles. The fourth-order valence-electron chi connectivity index (χ4n) is 5.00. The molecule has 39 heavy (non-hydrogen) atoms. The van der Waals surface area contributed by atoms with Crippen LogP contribution in [0.1, 0.15) is 36.2 Å². The molecular formula is C29H41N5O5. The van der Waals surface area contributed by atoms with Crippen molar-refractivity contribution >= 4 is 17.5 Å². The van der Waals surface area contributed by atoms with E-state index in [4.69, 9.17) is 9.47 Å². The molecule has 0 unspecified atom stereocenters. The van der Waals surface area contributed by atoms with Gasteiger partial charge in [-0.1, -0.05) is 6.92 Å². The molecular weight excluding hydrogens is 498 g/mol. The normalized spacial score (nSPS) is 21.1. The van der Waals surface area contributed by atoms with E-state index >= 15 is 0 Å². The number of aromatic nitrogens is 1. The average Bonchev–Trinajstić information content (AvgIpc) is 2.94. The van der Waals surface area contributed by atoms with Crippen LogP contribution in [-0.4, -0.2) is 108 Å². The van der Waals surface area contributed by atoms with Crippen LogP contribution in [0.15, 0.2) is 42.7 Å². The maximum Gasteiger partial charge on any atom is 0.258 e. The van der Waals surface area contributed by atoms with Crippen LogP contribution in [0.25, 0.3) is 0 Å². The zero-order valence-electron chi connectivity index (χ0n) is 23.2. The number of carbonyl (C=O) groups is 2. The van der Waals surface area contributed by atoms with Gasteiger partial charge < -0.3 is 24.8 Å². The van der Waals surface area contributed by atoms with E-state index in [-0.39, 0.29) is 36.5 Å². The number of ether oxygens (including phenoxy) is 2. The van der Waals surface area contributed by atoms with Crippen molar-refractivity contribution in [1.82, 2.24) is 19.7 Å². The van der Waals surface area contributed by atoms with E-state index in [1.165, 1.54) is 0 Å². The molecule has 2 aliphatic heterocycles. The summed E-state index contributed by atoms with van der Waals surface area (Å²) in [5.74, 6) is 0.183. The fraction of sp³-hybridized carbons (Fsp3) is 0.552. The molecule has 10 nitrogen and oxygen atoms in total. The van der Waals surface area contributed by atoms with Gasteiger partial charge in [0, 0.05) is 69.7 Å². The first-order valence-corrected chi connectivity index (χ1v) is 13.7. The third kappa shape index (κ3) is 7.98. The zero-order valence-corrected chi connectivity index (χ0v) is 23.2. The van der Waals surface area contributed by atoms with Crippen molar-refractivity contribution in [3.8, 4) is 5.75 Å². The van der Waals surface area contributed by atoms with Gasteiger partial charge in [-0.15, -0.1) is 0 Å². The van der Waals surface area contributed by atoms with Crippen LogP contribution in [0.3, 0.4) is 0 Å². The van der Waals surface area contributed by atoms with Gasteiger partial charge in [-0.05, 0) is 49.9 Å². The summed E-state index contributed by atoms with van der Waals surface area (Å²) < 4.78 is 11.9. The van der Waals surface area contributed by atoms with Crippen molar-refractivity contribution in [3.63, 3.8) is 0 Å². The number of aliphatic hydroxyl groups excluding tert-OH is 1. The van der Waals surface area contributed by atoms with E-state index in [1.807, 2.05) is 26.1 Å². The number of nitrogens with one attached hydrogen (secondary N) is 1. The summed E-state index contributed by atoms with van der Waals surface area (Å²) in [4.78, 5) is 36.6. The van der Waals surface area contributed by atoms with Crippen LogP contribution in [0.2, 0.25) is 0 Å². The number of nitrogens with zero attached hydrogens (tertiary/aromatic N) is 4. The minimum absolute atomic E-state index is 0.0237. The highest BCUT2D eigenvalue weighted by Gasteiger charge is 2.33. The summed E-state index contributed by atoms with van der Waals surface area (Å²) in [5, 5.41) is 12.8. The first-order chi connectivity index (χ1) is 18.8. The topological polar surface area (TPSA) is 107 Å². The Morgan fingerprint density at radius 2 is 1.97 bits per heavy atom. The Bertz CT molecular complexity index is 1090. The summed E-state index contributed by atoms with van der Waals surface area (Å²) in [6.07, 6.45) is 3.74. The minimum atomic E-state index is -0.354. The molecule has 0 saturated carbocycles. The van der Waals surface area contributed by atoms with Crippen LogP contribution < -0.4 is 10.1 Å². The Labute approximate surface area is 230 Å². The number of amides is 2. The number of fused-ring (bicyclic) bond motifs is 1. The largest absolute Gasteiger partial charge is 0.488 e. The summed E-state index contributed by atoms with van der Waals surface area (Å²) in [6.45, 7) is 9.32.